The second-order valence-corrected chi connectivity index (χ2v) is 48.6. The largest absolute Gasteiger partial charge is 0.381 e. The average molecular weight is 899 g/mol. The molecule has 0 spiro atoms. The smallest absolute Gasteiger partial charge is 0.242 e. The summed E-state index contributed by atoms with van der Waals surface area (Å²) in [6, 6.07) is 16.4. The van der Waals surface area contributed by atoms with Crippen LogP contribution in [-0.4, -0.2) is 82.5 Å². The standard InChI is InChI=1S/C38H88Cl4N2OSi6/c1-15-48(16-2,17-3)43(49(18-4,19-5)20-6)33-27-29-37(13,46(39)40)31-35-45-36-32-38(14,47(41)42)30-28-34-44(50(21-7,22-8)23-9)51(24-10,25-11)26-12/h46-47H,15-36H2,1-14H3. The summed E-state index contributed by atoms with van der Waals surface area (Å²) in [6.45, 7) is 38.3. The molecular formula is C38H88Cl4N2OSi6. The van der Waals surface area contributed by atoms with Gasteiger partial charge in [-0.1, -0.05) is 96.9 Å². The highest BCUT2D eigenvalue weighted by molar-refractivity contribution is 7.35. The van der Waals surface area contributed by atoms with Crippen molar-refractivity contribution in [1.82, 2.24) is 8.46 Å². The van der Waals surface area contributed by atoms with Gasteiger partial charge < -0.3 is 13.2 Å². The number of nitrogens with zero attached hydrogens (tertiary/aromatic N) is 2. The number of hydrogen-bond acceptors (Lipinski definition) is 3. The van der Waals surface area contributed by atoms with Crippen molar-refractivity contribution < 1.29 is 4.74 Å². The number of hydrogen-bond donors (Lipinski definition) is 0. The minimum atomic E-state index is -1.93. The molecule has 0 aromatic carbocycles. The van der Waals surface area contributed by atoms with Crippen molar-refractivity contribution in [2.45, 2.75) is 218 Å². The summed E-state index contributed by atoms with van der Waals surface area (Å²) in [5.74, 6) is 0. The van der Waals surface area contributed by atoms with Gasteiger partial charge in [0.05, 0.1) is 0 Å². The van der Waals surface area contributed by atoms with Gasteiger partial charge in [-0.05, 0) is 134 Å². The van der Waals surface area contributed by atoms with Gasteiger partial charge in [-0.2, -0.15) is 0 Å². The summed E-state index contributed by atoms with van der Waals surface area (Å²) in [6.07, 6.45) is 6.47. The maximum Gasteiger partial charge on any atom is 0.242 e. The van der Waals surface area contributed by atoms with Crippen molar-refractivity contribution >= 4 is 92.1 Å². The zero-order valence-electron chi connectivity index (χ0n) is 36.5. The lowest BCUT2D eigenvalue weighted by atomic mass is 10.00. The third-order valence-electron chi connectivity index (χ3n) is 15.1. The Morgan fingerprint density at radius 2 is 0.627 bits per heavy atom. The number of halogens is 4. The normalized spacial score (nSPS) is 16.1. The van der Waals surface area contributed by atoms with Crippen LogP contribution in [0.25, 0.3) is 0 Å². The van der Waals surface area contributed by atoms with Gasteiger partial charge >= 0.3 is 0 Å². The maximum atomic E-state index is 6.91. The van der Waals surface area contributed by atoms with E-state index in [0.29, 0.717) is 13.2 Å². The number of ether oxygens (including phenoxy) is 1. The lowest BCUT2D eigenvalue weighted by Gasteiger charge is -2.52. The van der Waals surface area contributed by atoms with Gasteiger partial charge in [0.25, 0.3) is 0 Å². The van der Waals surface area contributed by atoms with Crippen LogP contribution in [0.5, 0.6) is 0 Å². The van der Waals surface area contributed by atoms with E-state index in [2.05, 4.69) is 105 Å². The molecule has 0 rings (SSSR count). The van der Waals surface area contributed by atoms with Crippen molar-refractivity contribution in [3.63, 3.8) is 0 Å². The highest BCUT2D eigenvalue weighted by atomic mass is 35.7. The molecule has 0 radical (unpaired) electrons. The lowest BCUT2D eigenvalue weighted by molar-refractivity contribution is 0.111. The highest BCUT2D eigenvalue weighted by Crippen LogP contribution is 2.46. The molecule has 0 N–H and O–H groups in total. The molecule has 3 nitrogen and oxygen atoms in total. The van der Waals surface area contributed by atoms with Crippen LogP contribution in [0.4, 0.5) is 0 Å². The fraction of sp³-hybridized carbons (Fsp3) is 1.00. The van der Waals surface area contributed by atoms with E-state index in [-0.39, 0.29) is 10.1 Å². The van der Waals surface area contributed by atoms with Crippen molar-refractivity contribution in [3.8, 4) is 0 Å². The van der Waals surface area contributed by atoms with Crippen molar-refractivity contribution in [2.24, 2.45) is 0 Å². The predicted octanol–water partition coefficient (Wildman–Crippen LogP) is 14.9. The van der Waals surface area contributed by atoms with Crippen LogP contribution in [0.3, 0.4) is 0 Å². The first-order valence-electron chi connectivity index (χ1n) is 21.7. The molecule has 0 saturated carbocycles. The van der Waals surface area contributed by atoms with E-state index in [4.69, 9.17) is 49.1 Å². The van der Waals surface area contributed by atoms with Gasteiger partial charge in [0, 0.05) is 13.2 Å². The molecule has 308 valence electrons. The van der Waals surface area contributed by atoms with E-state index in [0.717, 1.165) is 25.7 Å². The second-order valence-electron chi connectivity index (χ2n) is 16.7. The van der Waals surface area contributed by atoms with Gasteiger partial charge in [-0.15, -0.1) is 44.3 Å². The van der Waals surface area contributed by atoms with Crippen molar-refractivity contribution in [2.75, 3.05) is 26.3 Å². The molecule has 0 amide bonds. The second kappa shape index (κ2) is 25.6. The van der Waals surface area contributed by atoms with Crippen LogP contribution in [0.15, 0.2) is 0 Å². The summed E-state index contributed by atoms with van der Waals surface area (Å²) in [7, 11) is -9.78. The Hall–Kier alpha value is 2.34. The van der Waals surface area contributed by atoms with Crippen LogP contribution in [0.1, 0.15) is 135 Å². The Balaban J connectivity index is 5.62. The van der Waals surface area contributed by atoms with E-state index in [9.17, 15) is 0 Å². The monoisotopic (exact) mass is 896 g/mol. The number of rotatable bonds is 32. The fourth-order valence-corrected chi connectivity index (χ4v) is 40.9. The summed E-state index contributed by atoms with van der Waals surface area (Å²) in [4.78, 5) is 0. The summed E-state index contributed by atoms with van der Waals surface area (Å²) in [5.41, 5.74) is 0. The van der Waals surface area contributed by atoms with Crippen LogP contribution in [-0.2, 0) is 4.74 Å². The third-order valence-corrected chi connectivity index (χ3v) is 51.7. The molecule has 0 fully saturated rings. The zero-order chi connectivity index (χ0) is 39.6. The summed E-state index contributed by atoms with van der Waals surface area (Å²) in [5, 5.41) is -0.0477. The van der Waals surface area contributed by atoms with Crippen LogP contribution >= 0.6 is 44.3 Å². The lowest BCUT2D eigenvalue weighted by Crippen LogP contribution is -2.66. The summed E-state index contributed by atoms with van der Waals surface area (Å²) < 4.78 is 12.8. The van der Waals surface area contributed by atoms with E-state index >= 15 is 0 Å². The minimum absolute atomic E-state index is 0.0239. The van der Waals surface area contributed by atoms with Gasteiger partial charge in [0.15, 0.2) is 0 Å². The highest BCUT2D eigenvalue weighted by Gasteiger charge is 2.47. The molecule has 2 unspecified atom stereocenters. The van der Waals surface area contributed by atoms with Crippen LogP contribution < -0.4 is 0 Å². The molecule has 0 aliphatic heterocycles. The molecule has 51 heavy (non-hydrogen) atoms. The third kappa shape index (κ3) is 13.7. The van der Waals surface area contributed by atoms with Crippen molar-refractivity contribution in [3.05, 3.63) is 0 Å². The van der Waals surface area contributed by atoms with Gasteiger partial charge in [-0.3, -0.25) is 0 Å². The Morgan fingerprint density at radius 1 is 0.412 bits per heavy atom. The maximum absolute atomic E-state index is 6.91. The molecule has 0 bridgehead atoms. The molecule has 0 aliphatic rings. The van der Waals surface area contributed by atoms with E-state index in [1.807, 2.05) is 0 Å². The quantitative estimate of drug-likeness (QED) is 0.0380. The predicted molar refractivity (Wildman–Crippen MR) is 255 cm³/mol. The molecular weight excluding hydrogens is 811 g/mol. The Morgan fingerprint density at radius 3 is 0.804 bits per heavy atom. The zero-order valence-corrected chi connectivity index (χ0v) is 45.9. The van der Waals surface area contributed by atoms with E-state index in [1.165, 1.54) is 98.5 Å². The molecule has 0 aromatic heterocycles. The first-order chi connectivity index (χ1) is 24.0. The van der Waals surface area contributed by atoms with Gasteiger partial charge in [-0.25, -0.2) is 0 Å². The molecule has 0 aliphatic carbocycles. The average Bonchev–Trinajstić information content (AvgIpc) is 3.14. The first kappa shape index (κ1) is 53.3. The Labute approximate surface area is 347 Å². The SMILES string of the molecule is CC[Si](CC)(CC)N(CCCC(C)(CCOCCC(C)(CCCN([Si](CC)(CC)CC)[Si](CC)(CC)CC)[SiH](Cl)Cl)[SiH](Cl)Cl)[Si](CC)(CC)CC. The minimum Gasteiger partial charge on any atom is -0.381 e. The summed E-state index contributed by atoms with van der Waals surface area (Å²) >= 11 is 27.6. The van der Waals surface area contributed by atoms with Gasteiger partial charge in [0.2, 0.25) is 14.8 Å². The molecule has 0 heterocycles. The Bertz CT molecular complexity index is 767. The topological polar surface area (TPSA) is 15.7 Å². The van der Waals surface area contributed by atoms with Crippen molar-refractivity contribution in [1.29, 1.82) is 0 Å². The molecule has 13 heteroatoms. The molecule has 0 aromatic rings. The van der Waals surface area contributed by atoms with Crippen LogP contribution in [0, 0.1) is 0 Å². The van der Waals surface area contributed by atoms with E-state index < -0.39 is 47.8 Å². The fourth-order valence-electron chi connectivity index (χ4n) is 9.93. The Kier molecular flexibility index (Phi) is 26.8. The molecule has 0 saturated heterocycles. The molecule has 2 atom stereocenters. The first-order valence-corrected chi connectivity index (χ1v) is 40.1. The van der Waals surface area contributed by atoms with Gasteiger partial charge in [0.1, 0.15) is 32.9 Å². The van der Waals surface area contributed by atoms with Crippen LogP contribution in [0.2, 0.25) is 82.6 Å². The van der Waals surface area contributed by atoms with E-state index in [1.54, 1.807) is 0 Å².